The molecule has 5 heteroatoms. The highest BCUT2D eigenvalue weighted by molar-refractivity contribution is 5.64. The monoisotopic (exact) mass is 205 g/mol. The Balaban J connectivity index is 2.37. The van der Waals surface area contributed by atoms with E-state index < -0.39 is 0 Å². The molecule has 1 aliphatic heterocycles. The van der Waals surface area contributed by atoms with Gasteiger partial charge in [0.1, 0.15) is 5.69 Å². The fraction of sp³-hybridized carbons (Fsp3) is 0.200. The van der Waals surface area contributed by atoms with Crippen LogP contribution < -0.4 is 10.2 Å². The molecule has 0 fully saturated rings. The van der Waals surface area contributed by atoms with Crippen molar-refractivity contribution in [3.8, 4) is 0 Å². The molecule has 1 N–H and O–H groups in total. The van der Waals surface area contributed by atoms with Crippen molar-refractivity contribution in [2.75, 3.05) is 18.1 Å². The van der Waals surface area contributed by atoms with Gasteiger partial charge in [-0.25, -0.2) is 0 Å². The maximum Gasteiger partial charge on any atom is 0.292 e. The van der Waals surface area contributed by atoms with Gasteiger partial charge in [0.05, 0.1) is 11.6 Å². The first-order chi connectivity index (χ1) is 7.29. The fourth-order valence-electron chi connectivity index (χ4n) is 1.53. The largest absolute Gasteiger partial charge is 0.329 e. The summed E-state index contributed by atoms with van der Waals surface area (Å²) in [6.45, 7) is 1.40. The predicted molar refractivity (Wildman–Crippen MR) is 57.6 cm³/mol. The fourth-order valence-corrected chi connectivity index (χ4v) is 1.53. The van der Waals surface area contributed by atoms with Crippen molar-refractivity contribution in [2.45, 2.75) is 0 Å². The lowest BCUT2D eigenvalue weighted by atomic mass is 10.2. The molecule has 0 bridgehead atoms. The zero-order valence-corrected chi connectivity index (χ0v) is 8.09. The Morgan fingerprint density at radius 3 is 2.87 bits per heavy atom. The van der Waals surface area contributed by atoms with E-state index in [0.29, 0.717) is 12.4 Å². The van der Waals surface area contributed by atoms with Gasteiger partial charge in [-0.1, -0.05) is 18.2 Å². The number of hydrogen-bond donors (Lipinski definition) is 1. The zero-order valence-electron chi connectivity index (χ0n) is 8.09. The number of nitro groups is 1. The molecule has 0 aromatic heterocycles. The van der Waals surface area contributed by atoms with Crippen LogP contribution >= 0.6 is 0 Å². The summed E-state index contributed by atoms with van der Waals surface area (Å²) in [6.07, 6.45) is 3.79. The first kappa shape index (κ1) is 9.67. The minimum Gasteiger partial charge on any atom is -0.329 e. The van der Waals surface area contributed by atoms with Gasteiger partial charge in [0, 0.05) is 18.8 Å². The van der Waals surface area contributed by atoms with Gasteiger partial charge in [-0.2, -0.15) is 0 Å². The van der Waals surface area contributed by atoms with E-state index >= 15 is 0 Å². The second kappa shape index (κ2) is 4.10. The van der Waals surface area contributed by atoms with Crippen LogP contribution in [0.15, 0.2) is 36.5 Å². The number of hydrogen-bond acceptors (Lipinski definition) is 4. The molecule has 1 aromatic rings. The molecule has 0 saturated heterocycles. The molecule has 0 spiro atoms. The van der Waals surface area contributed by atoms with E-state index in [0.717, 1.165) is 6.54 Å². The Bertz CT molecular complexity index is 403. The third-order valence-electron chi connectivity index (χ3n) is 2.22. The molecule has 1 heterocycles. The second-order valence-corrected chi connectivity index (χ2v) is 3.21. The molecule has 78 valence electrons. The molecule has 0 aliphatic carbocycles. The van der Waals surface area contributed by atoms with Gasteiger partial charge in [-0.05, 0) is 6.07 Å². The van der Waals surface area contributed by atoms with Gasteiger partial charge < -0.3 is 4.90 Å². The van der Waals surface area contributed by atoms with E-state index in [9.17, 15) is 10.1 Å². The van der Waals surface area contributed by atoms with Crippen LogP contribution in [-0.2, 0) is 0 Å². The second-order valence-electron chi connectivity index (χ2n) is 3.21. The maximum atomic E-state index is 10.8. The molecule has 0 radical (unpaired) electrons. The van der Waals surface area contributed by atoms with E-state index in [1.165, 1.54) is 6.07 Å². The van der Waals surface area contributed by atoms with Crippen molar-refractivity contribution in [1.82, 2.24) is 5.32 Å². The number of para-hydroxylation sites is 2. The summed E-state index contributed by atoms with van der Waals surface area (Å²) in [5.41, 5.74) is 0.747. The van der Waals surface area contributed by atoms with E-state index in [4.69, 9.17) is 0 Å². The Morgan fingerprint density at radius 2 is 2.20 bits per heavy atom. The molecular weight excluding hydrogens is 194 g/mol. The summed E-state index contributed by atoms with van der Waals surface area (Å²) in [7, 11) is 0. The SMILES string of the molecule is O=[N+]([O-])c1ccccc1N1C=CCNC1. The molecular formula is C10H11N3O2. The summed E-state index contributed by atoms with van der Waals surface area (Å²) in [4.78, 5) is 12.3. The first-order valence-corrected chi connectivity index (χ1v) is 4.66. The van der Waals surface area contributed by atoms with E-state index in [1.807, 2.05) is 17.2 Å². The van der Waals surface area contributed by atoms with Crippen LogP contribution in [0.1, 0.15) is 0 Å². The van der Waals surface area contributed by atoms with Crippen LogP contribution in [0.3, 0.4) is 0 Å². The highest BCUT2D eigenvalue weighted by atomic mass is 16.6. The maximum absolute atomic E-state index is 10.8. The molecule has 0 saturated carbocycles. The van der Waals surface area contributed by atoms with Crippen LogP contribution in [0.4, 0.5) is 11.4 Å². The lowest BCUT2D eigenvalue weighted by Crippen LogP contribution is -2.34. The quantitative estimate of drug-likeness (QED) is 0.586. The normalized spacial score (nSPS) is 15.3. The van der Waals surface area contributed by atoms with Crippen molar-refractivity contribution >= 4 is 11.4 Å². The van der Waals surface area contributed by atoms with Gasteiger partial charge in [0.2, 0.25) is 0 Å². The summed E-state index contributed by atoms with van der Waals surface area (Å²) in [6, 6.07) is 6.72. The van der Waals surface area contributed by atoms with Gasteiger partial charge >= 0.3 is 0 Å². The van der Waals surface area contributed by atoms with E-state index in [-0.39, 0.29) is 10.6 Å². The average molecular weight is 205 g/mol. The summed E-state index contributed by atoms with van der Waals surface area (Å²) in [5, 5.41) is 13.9. The van der Waals surface area contributed by atoms with Crippen LogP contribution in [-0.4, -0.2) is 18.1 Å². The average Bonchev–Trinajstić information content (AvgIpc) is 2.30. The van der Waals surface area contributed by atoms with Crippen LogP contribution in [0, 0.1) is 10.1 Å². The molecule has 2 rings (SSSR count). The first-order valence-electron chi connectivity index (χ1n) is 4.66. The molecule has 0 unspecified atom stereocenters. The predicted octanol–water partition coefficient (Wildman–Crippen LogP) is 1.48. The van der Waals surface area contributed by atoms with Crippen molar-refractivity contribution in [3.05, 3.63) is 46.7 Å². The molecule has 1 aliphatic rings. The molecule has 0 amide bonds. The molecule has 0 atom stereocenters. The third-order valence-corrected chi connectivity index (χ3v) is 2.22. The summed E-state index contributed by atoms with van der Waals surface area (Å²) < 4.78 is 0. The zero-order chi connectivity index (χ0) is 10.7. The van der Waals surface area contributed by atoms with E-state index in [1.54, 1.807) is 18.2 Å². The molecule has 15 heavy (non-hydrogen) atoms. The standard InChI is InChI=1S/C10H11N3O2/c14-13(15)10-5-2-1-4-9(10)12-7-3-6-11-8-12/h1-5,7,11H,6,8H2. The molecule has 5 nitrogen and oxygen atoms in total. The van der Waals surface area contributed by atoms with Crippen LogP contribution in [0.2, 0.25) is 0 Å². The van der Waals surface area contributed by atoms with Gasteiger partial charge in [-0.15, -0.1) is 0 Å². The number of nitro benzene ring substituents is 1. The minimum absolute atomic E-state index is 0.130. The van der Waals surface area contributed by atoms with Gasteiger partial charge in [0.15, 0.2) is 0 Å². The van der Waals surface area contributed by atoms with Gasteiger partial charge in [-0.3, -0.25) is 15.4 Å². The summed E-state index contributed by atoms with van der Waals surface area (Å²) in [5.74, 6) is 0. The number of nitrogens with one attached hydrogen (secondary N) is 1. The lowest BCUT2D eigenvalue weighted by molar-refractivity contribution is -0.384. The number of rotatable bonds is 2. The number of nitrogens with zero attached hydrogens (tertiary/aromatic N) is 2. The molecule has 1 aromatic carbocycles. The van der Waals surface area contributed by atoms with Crippen molar-refractivity contribution in [1.29, 1.82) is 0 Å². The third kappa shape index (κ3) is 1.97. The highest BCUT2D eigenvalue weighted by Crippen LogP contribution is 2.27. The van der Waals surface area contributed by atoms with Gasteiger partial charge in [0.25, 0.3) is 5.69 Å². The van der Waals surface area contributed by atoms with Crippen molar-refractivity contribution in [2.24, 2.45) is 0 Å². The number of benzene rings is 1. The topological polar surface area (TPSA) is 58.4 Å². The lowest BCUT2D eigenvalue weighted by Gasteiger charge is -2.23. The van der Waals surface area contributed by atoms with Crippen LogP contribution in [0.5, 0.6) is 0 Å². The smallest absolute Gasteiger partial charge is 0.292 e. The van der Waals surface area contributed by atoms with Crippen molar-refractivity contribution < 1.29 is 4.92 Å². The Morgan fingerprint density at radius 1 is 1.40 bits per heavy atom. The Hall–Kier alpha value is -1.88. The summed E-state index contributed by atoms with van der Waals surface area (Å²) >= 11 is 0. The number of anilines is 1. The van der Waals surface area contributed by atoms with Crippen LogP contribution in [0.25, 0.3) is 0 Å². The minimum atomic E-state index is -0.363. The Labute approximate surface area is 87.2 Å². The van der Waals surface area contributed by atoms with E-state index in [2.05, 4.69) is 5.32 Å². The highest BCUT2D eigenvalue weighted by Gasteiger charge is 2.17. The Kier molecular flexibility index (Phi) is 2.64. The van der Waals surface area contributed by atoms with Crippen molar-refractivity contribution in [3.63, 3.8) is 0 Å².